The molecule has 0 radical (unpaired) electrons. The molecule has 0 aromatic heterocycles. The van der Waals surface area contributed by atoms with Crippen LogP contribution in [0.4, 0.5) is 0 Å². The Morgan fingerprint density at radius 3 is 2.59 bits per heavy atom. The van der Waals surface area contributed by atoms with Gasteiger partial charge in [-0.2, -0.15) is 0 Å². The molecule has 17 heavy (non-hydrogen) atoms. The molecule has 0 aliphatic heterocycles. The van der Waals surface area contributed by atoms with E-state index in [0.29, 0.717) is 0 Å². The Bertz CT molecular complexity index is 470. The van der Waals surface area contributed by atoms with E-state index in [2.05, 4.69) is 25.1 Å². The first-order valence-corrected chi connectivity index (χ1v) is 6.48. The summed E-state index contributed by atoms with van der Waals surface area (Å²) in [4.78, 5) is 0. The summed E-state index contributed by atoms with van der Waals surface area (Å²) in [7, 11) is 0. The first kappa shape index (κ1) is 12.1. The molecule has 0 amide bonds. The average Bonchev–Trinajstić information content (AvgIpc) is 2.38. The molecule has 0 bridgehead atoms. The fraction of sp³-hybridized carbons (Fsp3) is 0.375. The van der Waals surface area contributed by atoms with Crippen molar-refractivity contribution < 1.29 is 5.11 Å². The molecule has 1 atom stereocenters. The van der Waals surface area contributed by atoms with Crippen molar-refractivity contribution in [2.45, 2.75) is 38.7 Å². The smallest absolute Gasteiger partial charge is 0.0796 e. The van der Waals surface area contributed by atoms with E-state index >= 15 is 0 Å². The summed E-state index contributed by atoms with van der Waals surface area (Å²) in [6.07, 6.45) is 4.03. The third kappa shape index (κ3) is 2.86. The van der Waals surface area contributed by atoms with Crippen molar-refractivity contribution in [3.05, 3.63) is 48.0 Å². The van der Waals surface area contributed by atoms with Crippen molar-refractivity contribution >= 4 is 10.8 Å². The van der Waals surface area contributed by atoms with E-state index in [4.69, 9.17) is 0 Å². The van der Waals surface area contributed by atoms with E-state index < -0.39 is 0 Å². The molecule has 0 aliphatic carbocycles. The van der Waals surface area contributed by atoms with Crippen molar-refractivity contribution in [1.29, 1.82) is 0 Å². The van der Waals surface area contributed by atoms with Gasteiger partial charge in [0, 0.05) is 0 Å². The molecule has 1 nitrogen and oxygen atoms in total. The minimum atomic E-state index is -0.326. The van der Waals surface area contributed by atoms with Crippen molar-refractivity contribution in [1.82, 2.24) is 0 Å². The summed E-state index contributed by atoms with van der Waals surface area (Å²) in [5, 5.41) is 12.6. The third-order valence-electron chi connectivity index (χ3n) is 3.26. The Balaban J connectivity index is 2.22. The van der Waals surface area contributed by atoms with E-state index in [1.807, 2.05) is 24.3 Å². The van der Waals surface area contributed by atoms with Crippen LogP contribution in [0.1, 0.15) is 44.3 Å². The average molecular weight is 228 g/mol. The fourth-order valence-corrected chi connectivity index (χ4v) is 2.28. The molecule has 90 valence electrons. The van der Waals surface area contributed by atoms with Gasteiger partial charge in [0.2, 0.25) is 0 Å². The normalized spacial score (nSPS) is 12.8. The van der Waals surface area contributed by atoms with Crippen LogP contribution in [0.15, 0.2) is 42.5 Å². The van der Waals surface area contributed by atoms with Gasteiger partial charge in [-0.1, -0.05) is 68.7 Å². The second-order valence-corrected chi connectivity index (χ2v) is 4.58. The molecule has 0 saturated heterocycles. The summed E-state index contributed by atoms with van der Waals surface area (Å²) in [5.41, 5.74) is 1.07. The van der Waals surface area contributed by atoms with Gasteiger partial charge in [-0.15, -0.1) is 0 Å². The molecule has 0 heterocycles. The maximum absolute atomic E-state index is 10.2. The predicted octanol–water partition coefficient (Wildman–Crippen LogP) is 4.45. The van der Waals surface area contributed by atoms with Gasteiger partial charge in [0.25, 0.3) is 0 Å². The van der Waals surface area contributed by atoms with Crippen LogP contribution in [0.5, 0.6) is 0 Å². The van der Waals surface area contributed by atoms with Crippen molar-refractivity contribution in [3.8, 4) is 0 Å². The molecule has 2 rings (SSSR count). The van der Waals surface area contributed by atoms with Gasteiger partial charge in [-0.25, -0.2) is 0 Å². The SMILES string of the molecule is CCCCC[C@H](O)c1cccc2ccccc12. The van der Waals surface area contributed by atoms with E-state index in [1.165, 1.54) is 23.6 Å². The summed E-state index contributed by atoms with van der Waals surface area (Å²) < 4.78 is 0. The summed E-state index contributed by atoms with van der Waals surface area (Å²) in [6, 6.07) is 14.4. The largest absolute Gasteiger partial charge is 0.388 e. The second-order valence-electron chi connectivity index (χ2n) is 4.58. The van der Waals surface area contributed by atoms with Gasteiger partial charge < -0.3 is 5.11 Å². The number of unbranched alkanes of at least 4 members (excludes halogenated alkanes) is 2. The van der Waals surface area contributed by atoms with Crippen LogP contribution in [0.25, 0.3) is 10.8 Å². The van der Waals surface area contributed by atoms with Crippen molar-refractivity contribution in [3.63, 3.8) is 0 Å². The fourth-order valence-electron chi connectivity index (χ4n) is 2.28. The molecule has 0 spiro atoms. The highest BCUT2D eigenvalue weighted by molar-refractivity contribution is 5.85. The molecule has 2 aromatic carbocycles. The molecule has 2 aromatic rings. The molecule has 1 N–H and O–H groups in total. The minimum absolute atomic E-state index is 0.326. The van der Waals surface area contributed by atoms with Gasteiger partial charge in [-0.05, 0) is 22.8 Å². The predicted molar refractivity (Wildman–Crippen MR) is 73.0 cm³/mol. The Hall–Kier alpha value is -1.34. The lowest BCUT2D eigenvalue weighted by molar-refractivity contribution is 0.165. The summed E-state index contributed by atoms with van der Waals surface area (Å²) in [5.74, 6) is 0. The molecule has 0 unspecified atom stereocenters. The van der Waals surface area contributed by atoms with E-state index in [1.54, 1.807) is 0 Å². The van der Waals surface area contributed by atoms with Crippen LogP contribution in [0.2, 0.25) is 0 Å². The third-order valence-corrected chi connectivity index (χ3v) is 3.26. The maximum Gasteiger partial charge on any atom is 0.0796 e. The Morgan fingerprint density at radius 2 is 1.76 bits per heavy atom. The number of rotatable bonds is 5. The van der Waals surface area contributed by atoms with Gasteiger partial charge in [0.1, 0.15) is 0 Å². The van der Waals surface area contributed by atoms with Gasteiger partial charge in [0.15, 0.2) is 0 Å². The van der Waals surface area contributed by atoms with Crippen molar-refractivity contribution in [2.24, 2.45) is 0 Å². The lowest BCUT2D eigenvalue weighted by atomic mass is 9.97. The van der Waals surface area contributed by atoms with Gasteiger partial charge in [-0.3, -0.25) is 0 Å². The summed E-state index contributed by atoms with van der Waals surface area (Å²) in [6.45, 7) is 2.18. The minimum Gasteiger partial charge on any atom is -0.388 e. The zero-order chi connectivity index (χ0) is 12.1. The Kier molecular flexibility index (Phi) is 4.16. The first-order valence-electron chi connectivity index (χ1n) is 6.48. The molecule has 1 heteroatoms. The quantitative estimate of drug-likeness (QED) is 0.749. The zero-order valence-corrected chi connectivity index (χ0v) is 10.4. The monoisotopic (exact) mass is 228 g/mol. The zero-order valence-electron chi connectivity index (χ0n) is 10.4. The highest BCUT2D eigenvalue weighted by atomic mass is 16.3. The molecular formula is C16H20O. The Labute approximate surface area is 103 Å². The summed E-state index contributed by atoms with van der Waals surface area (Å²) >= 11 is 0. The number of aliphatic hydroxyl groups excluding tert-OH is 1. The van der Waals surface area contributed by atoms with Gasteiger partial charge >= 0.3 is 0 Å². The number of aliphatic hydroxyl groups is 1. The second kappa shape index (κ2) is 5.83. The molecule has 0 fully saturated rings. The Morgan fingerprint density at radius 1 is 1.00 bits per heavy atom. The highest BCUT2D eigenvalue weighted by Gasteiger charge is 2.09. The van der Waals surface area contributed by atoms with Crippen LogP contribution in [0.3, 0.4) is 0 Å². The number of fused-ring (bicyclic) bond motifs is 1. The first-order chi connectivity index (χ1) is 8.33. The van der Waals surface area contributed by atoms with Crippen LogP contribution in [0, 0.1) is 0 Å². The van der Waals surface area contributed by atoms with Crippen LogP contribution in [-0.2, 0) is 0 Å². The van der Waals surface area contributed by atoms with E-state index in [0.717, 1.165) is 18.4 Å². The standard InChI is InChI=1S/C16H20O/c1-2-3-4-12-16(17)15-11-7-9-13-8-5-6-10-14(13)15/h5-11,16-17H,2-4,12H2,1H3/t16-/m0/s1. The van der Waals surface area contributed by atoms with Crippen LogP contribution < -0.4 is 0 Å². The molecule has 0 saturated carbocycles. The number of hydrogen-bond acceptors (Lipinski definition) is 1. The highest BCUT2D eigenvalue weighted by Crippen LogP contribution is 2.27. The topological polar surface area (TPSA) is 20.2 Å². The molecular weight excluding hydrogens is 208 g/mol. The van der Waals surface area contributed by atoms with Crippen LogP contribution in [-0.4, -0.2) is 5.11 Å². The van der Waals surface area contributed by atoms with Crippen LogP contribution >= 0.6 is 0 Å². The number of benzene rings is 2. The lowest BCUT2D eigenvalue weighted by Gasteiger charge is -2.13. The van der Waals surface area contributed by atoms with Gasteiger partial charge in [0.05, 0.1) is 6.10 Å². The van der Waals surface area contributed by atoms with E-state index in [-0.39, 0.29) is 6.10 Å². The van der Waals surface area contributed by atoms with Crippen molar-refractivity contribution in [2.75, 3.05) is 0 Å². The molecule has 0 aliphatic rings. The number of hydrogen-bond donors (Lipinski definition) is 1. The van der Waals surface area contributed by atoms with E-state index in [9.17, 15) is 5.11 Å². The maximum atomic E-state index is 10.2. The lowest BCUT2D eigenvalue weighted by Crippen LogP contribution is -1.98.